The van der Waals surface area contributed by atoms with Gasteiger partial charge in [-0.05, 0) is 140 Å². The summed E-state index contributed by atoms with van der Waals surface area (Å²) in [5, 5.41) is 12.0. The molecule has 0 atom stereocenters. The molecule has 2 aromatic heterocycles. The molecule has 2 heterocycles. The normalized spacial score (nSPS) is 12.7. The van der Waals surface area contributed by atoms with Crippen molar-refractivity contribution in [1.82, 2.24) is 0 Å². The lowest BCUT2D eigenvalue weighted by Gasteiger charge is -2.31. The molecular weight excluding hydrogens is 877 g/mol. The van der Waals surface area contributed by atoms with Crippen LogP contribution in [0.5, 0.6) is 0 Å². The Labute approximate surface area is 423 Å². The van der Waals surface area contributed by atoms with Crippen LogP contribution < -0.4 is 9.80 Å². The summed E-state index contributed by atoms with van der Waals surface area (Å²) in [6, 6.07) is 63.1. The van der Waals surface area contributed by atoms with Crippen molar-refractivity contribution in [2.24, 2.45) is 10.8 Å². The number of rotatable bonds is 10. The second kappa shape index (κ2) is 17.1. The first-order chi connectivity index (χ1) is 34.6. The molecule has 0 aliphatic heterocycles. The predicted octanol–water partition coefficient (Wildman–Crippen LogP) is 20.7. The molecule has 0 unspecified atom stereocenters. The van der Waals surface area contributed by atoms with Gasteiger partial charge in [-0.15, -0.1) is 0 Å². The average molecular weight is 941 g/mol. The SMILES string of the molecule is CC(C)c1cc(N(c2ccc(CC(C)(C)C)cc2)c2cccc3c2oc2ccccc23)c2ccc3c(C(C)C)cc(N(c4ccc(CC(C)(C)C)cc4)c4cccc5c4oc4ccccc45)c4ccc1c2c34. The van der Waals surface area contributed by atoms with Gasteiger partial charge < -0.3 is 18.6 Å². The van der Waals surface area contributed by atoms with Gasteiger partial charge in [-0.1, -0.05) is 178 Å². The van der Waals surface area contributed by atoms with Gasteiger partial charge >= 0.3 is 0 Å². The third-order valence-electron chi connectivity index (χ3n) is 14.8. The maximum atomic E-state index is 6.89. The quantitative estimate of drug-likeness (QED) is 0.128. The molecule has 0 aliphatic rings. The maximum Gasteiger partial charge on any atom is 0.159 e. The number of para-hydroxylation sites is 4. The summed E-state index contributed by atoms with van der Waals surface area (Å²) in [4.78, 5) is 4.95. The maximum absolute atomic E-state index is 6.89. The van der Waals surface area contributed by atoms with Crippen molar-refractivity contribution in [3.63, 3.8) is 0 Å². The van der Waals surface area contributed by atoms with E-state index in [1.807, 2.05) is 0 Å². The molecule has 10 aromatic carbocycles. The monoisotopic (exact) mass is 940 g/mol. The summed E-state index contributed by atoms with van der Waals surface area (Å²) in [6.45, 7) is 23.2. The van der Waals surface area contributed by atoms with E-state index < -0.39 is 0 Å². The summed E-state index contributed by atoms with van der Waals surface area (Å²) in [5.74, 6) is 0.480. The van der Waals surface area contributed by atoms with Crippen LogP contribution in [-0.4, -0.2) is 0 Å². The van der Waals surface area contributed by atoms with Crippen LogP contribution in [0.3, 0.4) is 0 Å². The molecule has 0 aliphatic carbocycles. The first kappa shape index (κ1) is 45.6. The molecule has 72 heavy (non-hydrogen) atoms. The fraction of sp³-hybridized carbons (Fsp3) is 0.235. The highest BCUT2D eigenvalue weighted by Crippen LogP contribution is 2.53. The lowest BCUT2D eigenvalue weighted by Crippen LogP contribution is -2.14. The van der Waals surface area contributed by atoms with Gasteiger partial charge in [-0.3, -0.25) is 0 Å². The van der Waals surface area contributed by atoms with Crippen LogP contribution in [-0.2, 0) is 12.8 Å². The van der Waals surface area contributed by atoms with Gasteiger partial charge in [0, 0.05) is 43.7 Å². The van der Waals surface area contributed by atoms with Crippen LogP contribution in [0, 0.1) is 10.8 Å². The molecule has 0 N–H and O–H groups in total. The van der Waals surface area contributed by atoms with E-state index in [-0.39, 0.29) is 22.7 Å². The summed E-state index contributed by atoms with van der Waals surface area (Å²) in [6.07, 6.45) is 1.98. The number of fused-ring (bicyclic) bond motifs is 6. The van der Waals surface area contributed by atoms with E-state index >= 15 is 0 Å². The minimum absolute atomic E-state index is 0.164. The van der Waals surface area contributed by atoms with Crippen molar-refractivity contribution in [1.29, 1.82) is 0 Å². The van der Waals surface area contributed by atoms with Crippen LogP contribution in [0.25, 0.3) is 76.2 Å². The molecule has 358 valence electrons. The van der Waals surface area contributed by atoms with E-state index in [1.54, 1.807) is 0 Å². The second-order valence-corrected chi connectivity index (χ2v) is 23.3. The molecular formula is C68H64N2O2. The topological polar surface area (TPSA) is 32.8 Å². The molecule has 12 aromatic rings. The van der Waals surface area contributed by atoms with Crippen molar-refractivity contribution in [2.75, 3.05) is 9.80 Å². The number of hydrogen-bond donors (Lipinski definition) is 0. The lowest BCUT2D eigenvalue weighted by atomic mass is 9.84. The zero-order valence-electron chi connectivity index (χ0n) is 43.4. The number of hydrogen-bond acceptors (Lipinski definition) is 4. The van der Waals surface area contributed by atoms with E-state index in [2.05, 4.69) is 249 Å². The molecule has 12 rings (SSSR count). The molecule has 0 radical (unpaired) electrons. The minimum atomic E-state index is 0.164. The van der Waals surface area contributed by atoms with Gasteiger partial charge in [0.15, 0.2) is 11.2 Å². The standard InChI is InChI=1S/C68H64N2O2/c1-41(2)55-37-59(69(45-29-25-43(26-30-45)39-67(5,6)7)57-21-15-19-51-47-17-11-13-23-61(47)71-65(51)57)53-36-34-50-56(42(3)4)38-60(54-35-33-49(55)63(53)64(50)54)70(46-31-27-44(28-32-46)40-68(8,9)10)58-22-16-20-52-48-18-12-14-24-62(48)72-66(52)58/h11-38,41-42H,39-40H2,1-10H3. The van der Waals surface area contributed by atoms with Gasteiger partial charge in [0.05, 0.1) is 22.7 Å². The van der Waals surface area contributed by atoms with Gasteiger partial charge in [-0.2, -0.15) is 0 Å². The molecule has 0 bridgehead atoms. The van der Waals surface area contributed by atoms with Crippen molar-refractivity contribution in [3.05, 3.63) is 192 Å². The Bertz CT molecular complexity index is 3740. The zero-order valence-corrected chi connectivity index (χ0v) is 43.4. The summed E-state index contributed by atoms with van der Waals surface area (Å²) < 4.78 is 13.8. The van der Waals surface area contributed by atoms with Crippen molar-refractivity contribution in [2.45, 2.75) is 93.9 Å². The highest BCUT2D eigenvalue weighted by Gasteiger charge is 2.29. The highest BCUT2D eigenvalue weighted by atomic mass is 16.3. The summed E-state index contributed by atoms with van der Waals surface area (Å²) >= 11 is 0. The first-order valence-electron chi connectivity index (χ1n) is 26.0. The van der Waals surface area contributed by atoms with Crippen molar-refractivity contribution in [3.8, 4) is 0 Å². The van der Waals surface area contributed by atoms with Crippen LogP contribution in [0.1, 0.15) is 103 Å². The summed E-state index contributed by atoms with van der Waals surface area (Å²) in [7, 11) is 0. The van der Waals surface area contributed by atoms with Crippen LogP contribution in [0.15, 0.2) is 179 Å². The predicted molar refractivity (Wildman–Crippen MR) is 309 cm³/mol. The Balaban J connectivity index is 1.17. The molecule has 0 fully saturated rings. The van der Waals surface area contributed by atoms with Gasteiger partial charge in [0.2, 0.25) is 0 Å². The first-order valence-corrected chi connectivity index (χ1v) is 26.0. The molecule has 4 heteroatoms. The Morgan fingerprint density at radius 1 is 0.361 bits per heavy atom. The molecule has 0 saturated heterocycles. The van der Waals surface area contributed by atoms with Gasteiger partial charge in [-0.25, -0.2) is 0 Å². The zero-order chi connectivity index (χ0) is 49.8. The third kappa shape index (κ3) is 7.75. The Morgan fingerprint density at radius 3 is 1.10 bits per heavy atom. The van der Waals surface area contributed by atoms with E-state index in [1.165, 1.54) is 54.6 Å². The average Bonchev–Trinajstić information content (AvgIpc) is 3.93. The van der Waals surface area contributed by atoms with E-state index in [4.69, 9.17) is 8.83 Å². The highest BCUT2D eigenvalue weighted by molar-refractivity contribution is 6.30. The number of benzene rings is 10. The largest absolute Gasteiger partial charge is 0.454 e. The molecule has 0 spiro atoms. The van der Waals surface area contributed by atoms with E-state index in [9.17, 15) is 0 Å². The number of anilines is 6. The smallest absolute Gasteiger partial charge is 0.159 e. The van der Waals surface area contributed by atoms with E-state index in [0.717, 1.165) is 90.8 Å². The van der Waals surface area contributed by atoms with Crippen LogP contribution in [0.2, 0.25) is 0 Å². The fourth-order valence-corrected chi connectivity index (χ4v) is 11.7. The Kier molecular flexibility index (Phi) is 10.8. The molecule has 0 amide bonds. The number of furan rings is 2. The Morgan fingerprint density at radius 2 is 0.722 bits per heavy atom. The van der Waals surface area contributed by atoms with Crippen LogP contribution in [0.4, 0.5) is 34.1 Å². The van der Waals surface area contributed by atoms with Gasteiger partial charge in [0.25, 0.3) is 0 Å². The summed E-state index contributed by atoms with van der Waals surface area (Å²) in [5.41, 5.74) is 15.6. The number of nitrogens with zero attached hydrogens (tertiary/aromatic N) is 2. The van der Waals surface area contributed by atoms with Crippen molar-refractivity contribution < 1.29 is 8.83 Å². The van der Waals surface area contributed by atoms with Gasteiger partial charge in [0.1, 0.15) is 11.2 Å². The molecule has 4 nitrogen and oxygen atoms in total. The lowest BCUT2D eigenvalue weighted by molar-refractivity contribution is 0.411. The van der Waals surface area contributed by atoms with E-state index in [0.29, 0.717) is 0 Å². The second-order valence-electron chi connectivity index (χ2n) is 23.3. The fourth-order valence-electron chi connectivity index (χ4n) is 11.7. The molecule has 0 saturated carbocycles. The minimum Gasteiger partial charge on any atom is -0.454 e. The van der Waals surface area contributed by atoms with Crippen LogP contribution >= 0.6 is 0 Å². The van der Waals surface area contributed by atoms with Crippen molar-refractivity contribution >= 4 is 110 Å². The third-order valence-corrected chi connectivity index (χ3v) is 14.8. The Hall–Kier alpha value is -7.56.